The molecule has 0 fully saturated rings. The van der Waals surface area contributed by atoms with Crippen LogP contribution in [0.5, 0.6) is 0 Å². The van der Waals surface area contributed by atoms with Crippen molar-refractivity contribution in [3.63, 3.8) is 0 Å². The standard InChI is InChI=1S/C20H16Cl2F4N2O2/c1-2-18(29)27-10-12-5-11(3-4-16(12)23)17-9-19(30-28-17,20(24,25)26)13-6-14(21)8-15(22)7-13/h3-8H,2,9-10H2,1H3,(H,27,29). The first-order chi connectivity index (χ1) is 14.1. The molecule has 1 heterocycles. The molecule has 10 heteroatoms. The molecule has 0 saturated heterocycles. The number of amides is 1. The number of carbonyl (C=O) groups excluding carboxylic acids is 1. The fourth-order valence-electron chi connectivity index (χ4n) is 3.05. The van der Waals surface area contributed by atoms with Gasteiger partial charge in [-0.05, 0) is 30.3 Å². The number of nitrogens with one attached hydrogen (secondary N) is 1. The Labute approximate surface area is 179 Å². The van der Waals surface area contributed by atoms with E-state index in [0.717, 1.165) is 18.2 Å². The molecule has 0 spiro atoms. The molecule has 0 bridgehead atoms. The van der Waals surface area contributed by atoms with Gasteiger partial charge in [0.25, 0.3) is 5.60 Å². The van der Waals surface area contributed by atoms with Crippen molar-refractivity contribution in [1.82, 2.24) is 5.32 Å². The van der Waals surface area contributed by atoms with E-state index in [-0.39, 0.29) is 51.3 Å². The molecule has 2 aromatic rings. The zero-order valence-electron chi connectivity index (χ0n) is 15.6. The summed E-state index contributed by atoms with van der Waals surface area (Å²) in [6.07, 6.45) is -5.26. The zero-order chi connectivity index (χ0) is 22.1. The number of rotatable bonds is 5. The van der Waals surface area contributed by atoms with Crippen LogP contribution in [0.2, 0.25) is 10.0 Å². The first-order valence-electron chi connectivity index (χ1n) is 8.89. The highest BCUT2D eigenvalue weighted by Gasteiger charge is 2.62. The lowest BCUT2D eigenvalue weighted by atomic mass is 9.86. The quantitative estimate of drug-likeness (QED) is 0.575. The topological polar surface area (TPSA) is 50.7 Å². The lowest BCUT2D eigenvalue weighted by Crippen LogP contribution is -2.42. The second-order valence-electron chi connectivity index (χ2n) is 6.73. The van der Waals surface area contributed by atoms with Crippen molar-refractivity contribution in [3.8, 4) is 0 Å². The summed E-state index contributed by atoms with van der Waals surface area (Å²) in [5.74, 6) is -0.881. The summed E-state index contributed by atoms with van der Waals surface area (Å²) in [4.78, 5) is 16.4. The summed E-state index contributed by atoms with van der Waals surface area (Å²) >= 11 is 11.8. The second-order valence-corrected chi connectivity index (χ2v) is 7.60. The molecule has 160 valence electrons. The van der Waals surface area contributed by atoms with E-state index in [0.29, 0.717) is 0 Å². The maximum atomic E-state index is 14.1. The number of hydrogen-bond acceptors (Lipinski definition) is 3. The zero-order valence-corrected chi connectivity index (χ0v) is 17.1. The third-order valence-electron chi connectivity index (χ3n) is 4.69. The van der Waals surface area contributed by atoms with E-state index in [2.05, 4.69) is 10.5 Å². The first kappa shape index (κ1) is 22.4. The fourth-order valence-corrected chi connectivity index (χ4v) is 3.58. The second kappa shape index (κ2) is 8.43. The first-order valence-corrected chi connectivity index (χ1v) is 9.65. The van der Waals surface area contributed by atoms with E-state index in [9.17, 15) is 22.4 Å². The van der Waals surface area contributed by atoms with Crippen molar-refractivity contribution < 1.29 is 27.2 Å². The Kier molecular flexibility index (Phi) is 6.29. The molecular formula is C20H16Cl2F4N2O2. The van der Waals surface area contributed by atoms with E-state index >= 15 is 0 Å². The molecule has 1 atom stereocenters. The summed E-state index contributed by atoms with van der Waals surface area (Å²) in [6, 6.07) is 7.30. The molecule has 1 amide bonds. The third-order valence-corrected chi connectivity index (χ3v) is 5.13. The third kappa shape index (κ3) is 4.39. The maximum absolute atomic E-state index is 14.1. The lowest BCUT2D eigenvalue weighted by Gasteiger charge is -2.29. The Morgan fingerprint density at radius 2 is 1.87 bits per heavy atom. The largest absolute Gasteiger partial charge is 0.435 e. The molecule has 0 radical (unpaired) electrons. The van der Waals surface area contributed by atoms with Crippen molar-refractivity contribution in [2.45, 2.75) is 38.1 Å². The van der Waals surface area contributed by atoms with Gasteiger partial charge in [0.1, 0.15) is 5.82 Å². The number of hydrogen-bond donors (Lipinski definition) is 1. The van der Waals surface area contributed by atoms with Crippen molar-refractivity contribution in [2.24, 2.45) is 5.16 Å². The summed E-state index contributed by atoms with van der Waals surface area (Å²) in [5, 5.41) is 6.22. The van der Waals surface area contributed by atoms with E-state index in [1.165, 1.54) is 18.2 Å². The van der Waals surface area contributed by atoms with Gasteiger partial charge in [-0.1, -0.05) is 41.3 Å². The lowest BCUT2D eigenvalue weighted by molar-refractivity contribution is -0.275. The summed E-state index contributed by atoms with van der Waals surface area (Å²) in [5.41, 5.74) is -2.72. The number of oxime groups is 1. The van der Waals surface area contributed by atoms with Crippen molar-refractivity contribution in [3.05, 3.63) is 69.0 Å². The minimum Gasteiger partial charge on any atom is -0.374 e. The van der Waals surface area contributed by atoms with Crippen molar-refractivity contribution >= 4 is 34.8 Å². The summed E-state index contributed by atoms with van der Waals surface area (Å²) < 4.78 is 56.2. The van der Waals surface area contributed by atoms with Crippen LogP contribution in [0.15, 0.2) is 41.6 Å². The number of nitrogens with zero attached hydrogens (tertiary/aromatic N) is 1. The van der Waals surface area contributed by atoms with Crippen molar-refractivity contribution in [2.75, 3.05) is 0 Å². The normalized spacial score (nSPS) is 18.7. The van der Waals surface area contributed by atoms with Gasteiger partial charge in [-0.25, -0.2) is 4.39 Å². The average Bonchev–Trinajstić information content (AvgIpc) is 3.13. The molecule has 30 heavy (non-hydrogen) atoms. The molecule has 1 aliphatic heterocycles. The van der Waals surface area contributed by atoms with Gasteiger partial charge in [0.2, 0.25) is 5.91 Å². The highest BCUT2D eigenvalue weighted by atomic mass is 35.5. The molecule has 0 saturated carbocycles. The Morgan fingerprint density at radius 3 is 2.47 bits per heavy atom. The molecular weight excluding hydrogens is 447 g/mol. The van der Waals surface area contributed by atoms with E-state index < -0.39 is 24.0 Å². The number of carbonyl (C=O) groups is 1. The number of halogens is 6. The maximum Gasteiger partial charge on any atom is 0.435 e. The molecule has 4 nitrogen and oxygen atoms in total. The van der Waals surface area contributed by atoms with Gasteiger partial charge in [0, 0.05) is 46.1 Å². The highest BCUT2D eigenvalue weighted by Crippen LogP contribution is 2.49. The van der Waals surface area contributed by atoms with Crippen LogP contribution >= 0.6 is 23.2 Å². The van der Waals surface area contributed by atoms with Gasteiger partial charge < -0.3 is 10.2 Å². The predicted molar refractivity (Wildman–Crippen MR) is 105 cm³/mol. The van der Waals surface area contributed by atoms with E-state index in [4.69, 9.17) is 28.0 Å². The minimum atomic E-state index is -4.83. The van der Waals surface area contributed by atoms with Crippen LogP contribution in [-0.4, -0.2) is 17.8 Å². The van der Waals surface area contributed by atoms with Crippen LogP contribution in [-0.2, 0) is 21.8 Å². The summed E-state index contributed by atoms with van der Waals surface area (Å²) in [7, 11) is 0. The minimum absolute atomic E-state index is 0.0218. The Hall–Kier alpha value is -2.32. The summed E-state index contributed by atoms with van der Waals surface area (Å²) in [6.45, 7) is 1.54. The van der Waals surface area contributed by atoms with Crippen LogP contribution in [0.4, 0.5) is 17.6 Å². The van der Waals surface area contributed by atoms with Gasteiger partial charge in [-0.2, -0.15) is 13.2 Å². The molecule has 1 aliphatic rings. The monoisotopic (exact) mass is 462 g/mol. The van der Waals surface area contributed by atoms with Crippen molar-refractivity contribution in [1.29, 1.82) is 0 Å². The Bertz CT molecular complexity index is 991. The molecule has 1 unspecified atom stereocenters. The SMILES string of the molecule is CCC(=O)NCc1cc(C2=NOC(c3cc(Cl)cc(Cl)c3)(C(F)(F)F)C2)ccc1F. The van der Waals surface area contributed by atoms with Gasteiger partial charge in [0.05, 0.1) is 5.71 Å². The van der Waals surface area contributed by atoms with Gasteiger partial charge in [-0.15, -0.1) is 0 Å². The molecule has 3 rings (SSSR count). The van der Waals surface area contributed by atoms with Crippen LogP contribution < -0.4 is 5.32 Å². The molecule has 2 aromatic carbocycles. The van der Waals surface area contributed by atoms with E-state index in [1.54, 1.807) is 6.92 Å². The molecule has 0 aromatic heterocycles. The Balaban J connectivity index is 1.94. The Morgan fingerprint density at radius 1 is 1.20 bits per heavy atom. The van der Waals surface area contributed by atoms with Gasteiger partial charge in [-0.3, -0.25) is 4.79 Å². The predicted octanol–water partition coefficient (Wildman–Crippen LogP) is 5.74. The molecule has 0 aliphatic carbocycles. The number of benzene rings is 2. The smallest absolute Gasteiger partial charge is 0.374 e. The fraction of sp³-hybridized carbons (Fsp3) is 0.300. The van der Waals surface area contributed by atoms with Gasteiger partial charge in [0.15, 0.2) is 0 Å². The van der Waals surface area contributed by atoms with Crippen LogP contribution in [0.25, 0.3) is 0 Å². The van der Waals surface area contributed by atoms with Crippen LogP contribution in [0, 0.1) is 5.82 Å². The van der Waals surface area contributed by atoms with Crippen LogP contribution in [0.1, 0.15) is 36.5 Å². The van der Waals surface area contributed by atoms with Crippen LogP contribution in [0.3, 0.4) is 0 Å². The average molecular weight is 463 g/mol. The molecule has 1 N–H and O–H groups in total. The van der Waals surface area contributed by atoms with E-state index in [1.807, 2.05) is 0 Å². The highest BCUT2D eigenvalue weighted by molar-refractivity contribution is 6.34. The van der Waals surface area contributed by atoms with Gasteiger partial charge >= 0.3 is 6.18 Å². The number of alkyl halides is 3.